The van der Waals surface area contributed by atoms with Gasteiger partial charge in [0, 0.05) is 5.56 Å². The van der Waals surface area contributed by atoms with Crippen molar-refractivity contribution in [1.82, 2.24) is 0 Å². The highest BCUT2D eigenvalue weighted by atomic mass is 35.5. The summed E-state index contributed by atoms with van der Waals surface area (Å²) >= 11 is 6.11. The van der Waals surface area contributed by atoms with E-state index in [4.69, 9.17) is 25.8 Å². The summed E-state index contributed by atoms with van der Waals surface area (Å²) in [4.78, 5) is 12.6. The van der Waals surface area contributed by atoms with Crippen molar-refractivity contribution in [2.45, 2.75) is 6.92 Å². The first kappa shape index (κ1) is 20.6. The number of halogens is 1. The van der Waals surface area contributed by atoms with Gasteiger partial charge in [-0.2, -0.15) is 0 Å². The molecule has 0 spiro atoms. The fourth-order valence-electron chi connectivity index (χ4n) is 2.62. The first-order chi connectivity index (χ1) is 14.2. The SMILES string of the molecule is CCOc1cc(C(=O)Nc2ccccc2Cl)ccc1OCCOc1ccccc1. The predicted molar refractivity (Wildman–Crippen MR) is 114 cm³/mol. The van der Waals surface area contributed by atoms with Crippen molar-refractivity contribution in [3.8, 4) is 17.2 Å². The molecule has 0 saturated heterocycles. The number of carbonyl (C=O) groups excluding carboxylic acids is 1. The minimum atomic E-state index is -0.280. The van der Waals surface area contributed by atoms with E-state index in [0.29, 0.717) is 47.6 Å². The van der Waals surface area contributed by atoms with E-state index in [1.165, 1.54) is 0 Å². The van der Waals surface area contributed by atoms with Gasteiger partial charge in [0.15, 0.2) is 11.5 Å². The first-order valence-electron chi connectivity index (χ1n) is 9.30. The number of hydrogen-bond donors (Lipinski definition) is 1. The van der Waals surface area contributed by atoms with Crippen molar-refractivity contribution < 1.29 is 19.0 Å². The lowest BCUT2D eigenvalue weighted by atomic mass is 10.2. The van der Waals surface area contributed by atoms with Crippen molar-refractivity contribution in [3.05, 3.63) is 83.4 Å². The fourth-order valence-corrected chi connectivity index (χ4v) is 2.80. The Morgan fingerprint density at radius 1 is 0.862 bits per heavy atom. The maximum Gasteiger partial charge on any atom is 0.255 e. The number of amides is 1. The molecule has 0 fully saturated rings. The maximum atomic E-state index is 12.6. The molecule has 3 aromatic rings. The quantitative estimate of drug-likeness (QED) is 0.476. The van der Waals surface area contributed by atoms with E-state index < -0.39 is 0 Å². The van der Waals surface area contributed by atoms with Crippen LogP contribution in [-0.4, -0.2) is 25.7 Å². The molecular formula is C23H22ClNO4. The molecule has 3 aromatic carbocycles. The van der Waals surface area contributed by atoms with Gasteiger partial charge in [-0.15, -0.1) is 0 Å². The van der Waals surface area contributed by atoms with Crippen LogP contribution in [0.1, 0.15) is 17.3 Å². The topological polar surface area (TPSA) is 56.8 Å². The standard InChI is InChI=1S/C23H22ClNO4/c1-2-27-22-16-17(23(26)25-20-11-7-6-10-19(20)24)12-13-21(22)29-15-14-28-18-8-4-3-5-9-18/h3-13,16H,2,14-15H2,1H3,(H,25,26). The van der Waals surface area contributed by atoms with Crippen LogP contribution < -0.4 is 19.5 Å². The van der Waals surface area contributed by atoms with Gasteiger partial charge in [0.2, 0.25) is 0 Å². The number of carbonyl (C=O) groups is 1. The molecule has 0 aliphatic rings. The molecule has 29 heavy (non-hydrogen) atoms. The number of anilines is 1. The van der Waals surface area contributed by atoms with Gasteiger partial charge in [0.05, 0.1) is 17.3 Å². The molecule has 1 N–H and O–H groups in total. The number of ether oxygens (including phenoxy) is 3. The number of hydrogen-bond acceptors (Lipinski definition) is 4. The van der Waals surface area contributed by atoms with E-state index in [1.807, 2.05) is 43.3 Å². The van der Waals surface area contributed by atoms with Crippen LogP contribution in [0.15, 0.2) is 72.8 Å². The zero-order valence-electron chi connectivity index (χ0n) is 16.1. The highest BCUT2D eigenvalue weighted by Crippen LogP contribution is 2.29. The van der Waals surface area contributed by atoms with Gasteiger partial charge in [-0.05, 0) is 49.4 Å². The van der Waals surface area contributed by atoms with E-state index >= 15 is 0 Å². The van der Waals surface area contributed by atoms with Crippen molar-refractivity contribution in [2.24, 2.45) is 0 Å². The van der Waals surface area contributed by atoms with Crippen LogP contribution in [-0.2, 0) is 0 Å². The Morgan fingerprint density at radius 3 is 2.34 bits per heavy atom. The minimum absolute atomic E-state index is 0.280. The Bertz CT molecular complexity index is 947. The molecule has 6 heteroatoms. The Morgan fingerprint density at radius 2 is 1.59 bits per heavy atom. The molecule has 5 nitrogen and oxygen atoms in total. The molecule has 0 aromatic heterocycles. The molecule has 0 bridgehead atoms. The number of nitrogens with one attached hydrogen (secondary N) is 1. The molecular weight excluding hydrogens is 390 g/mol. The lowest BCUT2D eigenvalue weighted by molar-refractivity contribution is 0.102. The minimum Gasteiger partial charge on any atom is -0.490 e. The normalized spacial score (nSPS) is 10.3. The summed E-state index contributed by atoms with van der Waals surface area (Å²) in [5, 5.41) is 3.27. The summed E-state index contributed by atoms with van der Waals surface area (Å²) in [6.07, 6.45) is 0. The molecule has 0 aliphatic heterocycles. The molecule has 0 radical (unpaired) electrons. The van der Waals surface area contributed by atoms with Gasteiger partial charge in [-0.3, -0.25) is 4.79 Å². The highest BCUT2D eigenvalue weighted by Gasteiger charge is 2.13. The van der Waals surface area contributed by atoms with E-state index in [0.717, 1.165) is 5.75 Å². The average Bonchev–Trinajstić information content (AvgIpc) is 2.74. The highest BCUT2D eigenvalue weighted by molar-refractivity contribution is 6.33. The Kier molecular flexibility index (Phi) is 7.36. The Hall–Kier alpha value is -3.18. The molecule has 0 atom stereocenters. The summed E-state index contributed by atoms with van der Waals surface area (Å²) in [7, 11) is 0. The zero-order valence-corrected chi connectivity index (χ0v) is 16.8. The summed E-state index contributed by atoms with van der Waals surface area (Å²) in [6, 6.07) is 21.7. The third kappa shape index (κ3) is 5.90. The van der Waals surface area contributed by atoms with Crippen molar-refractivity contribution in [1.29, 1.82) is 0 Å². The van der Waals surface area contributed by atoms with E-state index in [2.05, 4.69) is 5.32 Å². The third-order valence-corrected chi connectivity index (χ3v) is 4.31. The van der Waals surface area contributed by atoms with Gasteiger partial charge < -0.3 is 19.5 Å². The second-order valence-electron chi connectivity index (χ2n) is 6.04. The molecule has 0 unspecified atom stereocenters. The van der Waals surface area contributed by atoms with Gasteiger partial charge in [-0.1, -0.05) is 41.9 Å². The molecule has 0 heterocycles. The molecule has 1 amide bonds. The molecule has 3 rings (SSSR count). The van der Waals surface area contributed by atoms with Crippen LogP contribution in [0.2, 0.25) is 5.02 Å². The average molecular weight is 412 g/mol. The van der Waals surface area contributed by atoms with Crippen LogP contribution in [0.5, 0.6) is 17.2 Å². The van der Waals surface area contributed by atoms with Crippen molar-refractivity contribution in [2.75, 3.05) is 25.1 Å². The van der Waals surface area contributed by atoms with Gasteiger partial charge >= 0.3 is 0 Å². The van der Waals surface area contributed by atoms with E-state index in [1.54, 1.807) is 36.4 Å². The Labute approximate surface area is 175 Å². The van der Waals surface area contributed by atoms with E-state index in [-0.39, 0.29) is 5.91 Å². The summed E-state index contributed by atoms with van der Waals surface area (Å²) in [5.74, 6) is 1.56. The monoisotopic (exact) mass is 411 g/mol. The predicted octanol–water partition coefficient (Wildman–Crippen LogP) is 5.45. The molecule has 150 valence electrons. The van der Waals surface area contributed by atoms with Gasteiger partial charge in [0.1, 0.15) is 19.0 Å². The van der Waals surface area contributed by atoms with Crippen LogP contribution in [0, 0.1) is 0 Å². The summed E-state index contributed by atoms with van der Waals surface area (Å²) < 4.78 is 17.1. The Balaban J connectivity index is 1.63. The second-order valence-corrected chi connectivity index (χ2v) is 6.45. The smallest absolute Gasteiger partial charge is 0.255 e. The van der Waals surface area contributed by atoms with Gasteiger partial charge in [-0.25, -0.2) is 0 Å². The maximum absolute atomic E-state index is 12.6. The lowest BCUT2D eigenvalue weighted by Crippen LogP contribution is -2.13. The summed E-state index contributed by atoms with van der Waals surface area (Å²) in [5.41, 5.74) is 0.997. The molecule has 0 aliphatic carbocycles. The van der Waals surface area contributed by atoms with Crippen molar-refractivity contribution in [3.63, 3.8) is 0 Å². The van der Waals surface area contributed by atoms with Crippen LogP contribution in [0.4, 0.5) is 5.69 Å². The van der Waals surface area contributed by atoms with Crippen molar-refractivity contribution >= 4 is 23.2 Å². The van der Waals surface area contributed by atoms with Crippen LogP contribution in [0.3, 0.4) is 0 Å². The number of benzene rings is 3. The summed E-state index contributed by atoms with van der Waals surface area (Å²) in [6.45, 7) is 3.07. The zero-order chi connectivity index (χ0) is 20.5. The number of rotatable bonds is 9. The van der Waals surface area contributed by atoms with Gasteiger partial charge in [0.25, 0.3) is 5.91 Å². The third-order valence-electron chi connectivity index (χ3n) is 3.98. The van der Waals surface area contributed by atoms with E-state index in [9.17, 15) is 4.79 Å². The fraction of sp³-hybridized carbons (Fsp3) is 0.174. The number of para-hydroxylation sites is 2. The largest absolute Gasteiger partial charge is 0.490 e. The first-order valence-corrected chi connectivity index (χ1v) is 9.68. The molecule has 0 saturated carbocycles. The second kappa shape index (κ2) is 10.4. The van der Waals surface area contributed by atoms with Crippen LogP contribution in [0.25, 0.3) is 0 Å². The lowest BCUT2D eigenvalue weighted by Gasteiger charge is -2.14. The van der Waals surface area contributed by atoms with Crippen LogP contribution >= 0.6 is 11.6 Å².